The van der Waals surface area contributed by atoms with Gasteiger partial charge in [0.15, 0.2) is 0 Å². The van der Waals surface area contributed by atoms with Crippen molar-refractivity contribution in [3.05, 3.63) is 65.2 Å². The molecule has 5 nitrogen and oxygen atoms in total. The van der Waals surface area contributed by atoms with Gasteiger partial charge in [0.1, 0.15) is 0 Å². The highest BCUT2D eigenvalue weighted by Crippen LogP contribution is 2.22. The van der Waals surface area contributed by atoms with E-state index in [1.54, 1.807) is 12.1 Å². The van der Waals surface area contributed by atoms with E-state index in [2.05, 4.69) is 5.32 Å². The first kappa shape index (κ1) is 18.7. The molecule has 0 fully saturated rings. The monoisotopic (exact) mass is 339 g/mol. The molecule has 1 unspecified atom stereocenters. The minimum absolute atomic E-state index is 0.0852. The molecule has 0 saturated heterocycles. The molecular weight excluding hydrogens is 314 g/mol. The third-order valence-electron chi connectivity index (χ3n) is 4.02. The molecule has 0 radical (unpaired) electrons. The number of hydrogen-bond acceptors (Lipinski definition) is 3. The Hall–Kier alpha value is -2.66. The van der Waals surface area contributed by atoms with Crippen molar-refractivity contribution in [1.82, 2.24) is 4.90 Å². The molecule has 132 valence electrons. The van der Waals surface area contributed by atoms with E-state index in [-0.39, 0.29) is 11.8 Å². The minimum Gasteiger partial charge on any atom is -0.366 e. The summed E-state index contributed by atoms with van der Waals surface area (Å²) < 4.78 is 0. The number of nitrogens with one attached hydrogen (secondary N) is 1. The summed E-state index contributed by atoms with van der Waals surface area (Å²) in [7, 11) is 3.90. The maximum absolute atomic E-state index is 12.5. The second-order valence-electron chi connectivity index (χ2n) is 6.54. The number of hydrogen-bond donors (Lipinski definition) is 2. The van der Waals surface area contributed by atoms with Crippen LogP contribution in [0.4, 0.5) is 5.69 Å². The normalized spacial score (nSPS) is 12.0. The second kappa shape index (κ2) is 8.44. The Kier molecular flexibility index (Phi) is 6.31. The fourth-order valence-corrected chi connectivity index (χ4v) is 2.70. The molecule has 25 heavy (non-hydrogen) atoms. The van der Waals surface area contributed by atoms with E-state index in [1.165, 1.54) is 0 Å². The first-order valence-electron chi connectivity index (χ1n) is 8.29. The van der Waals surface area contributed by atoms with Crippen molar-refractivity contribution in [1.29, 1.82) is 0 Å². The molecule has 0 aliphatic carbocycles. The molecule has 0 aliphatic heterocycles. The van der Waals surface area contributed by atoms with Crippen LogP contribution in [0.5, 0.6) is 0 Å². The Bertz CT molecular complexity index is 742. The molecule has 5 heteroatoms. The zero-order valence-electron chi connectivity index (χ0n) is 15.0. The van der Waals surface area contributed by atoms with Crippen LogP contribution in [0.25, 0.3) is 0 Å². The quantitative estimate of drug-likeness (QED) is 0.814. The van der Waals surface area contributed by atoms with Crippen LogP contribution in [0.15, 0.2) is 48.5 Å². The molecule has 2 aromatic rings. The van der Waals surface area contributed by atoms with E-state index < -0.39 is 5.91 Å². The highest BCUT2D eigenvalue weighted by molar-refractivity contribution is 5.97. The van der Waals surface area contributed by atoms with Crippen LogP contribution in [0.2, 0.25) is 0 Å². The van der Waals surface area contributed by atoms with Gasteiger partial charge >= 0.3 is 0 Å². The summed E-state index contributed by atoms with van der Waals surface area (Å²) in [4.78, 5) is 25.9. The summed E-state index contributed by atoms with van der Waals surface area (Å²) in [6, 6.07) is 15.1. The summed E-state index contributed by atoms with van der Waals surface area (Å²) in [5, 5.41) is 2.94. The predicted octanol–water partition coefficient (Wildman–Crippen LogP) is 2.98. The number of anilines is 1. The largest absolute Gasteiger partial charge is 0.366 e. The van der Waals surface area contributed by atoms with Gasteiger partial charge in [0.05, 0.1) is 0 Å². The van der Waals surface area contributed by atoms with E-state index in [0.29, 0.717) is 24.2 Å². The van der Waals surface area contributed by atoms with Crippen LogP contribution in [-0.2, 0) is 11.3 Å². The van der Waals surface area contributed by atoms with Gasteiger partial charge in [0.2, 0.25) is 11.8 Å². The van der Waals surface area contributed by atoms with E-state index in [9.17, 15) is 9.59 Å². The van der Waals surface area contributed by atoms with Crippen molar-refractivity contribution in [2.24, 2.45) is 5.73 Å². The summed E-state index contributed by atoms with van der Waals surface area (Å²) in [6.45, 7) is 2.68. The Morgan fingerprint density at radius 2 is 1.80 bits per heavy atom. The van der Waals surface area contributed by atoms with Gasteiger partial charge in [0.25, 0.3) is 0 Å². The molecule has 2 rings (SSSR count). The maximum atomic E-state index is 12.5. The minimum atomic E-state index is -0.510. The Balaban J connectivity index is 2.15. The summed E-state index contributed by atoms with van der Waals surface area (Å²) >= 11 is 0. The first-order chi connectivity index (χ1) is 11.9. The van der Waals surface area contributed by atoms with Gasteiger partial charge in [0, 0.05) is 24.2 Å². The first-order valence-corrected chi connectivity index (χ1v) is 8.29. The number of carbonyl (C=O) groups is 2. The molecule has 0 aliphatic rings. The number of primary amides is 1. The topological polar surface area (TPSA) is 75.4 Å². The van der Waals surface area contributed by atoms with Crippen molar-refractivity contribution in [3.63, 3.8) is 0 Å². The fourth-order valence-electron chi connectivity index (χ4n) is 2.70. The highest BCUT2D eigenvalue weighted by Gasteiger charge is 2.14. The zero-order valence-corrected chi connectivity index (χ0v) is 15.0. The molecule has 2 aromatic carbocycles. The Morgan fingerprint density at radius 1 is 1.12 bits per heavy atom. The summed E-state index contributed by atoms with van der Waals surface area (Å²) in [5.74, 6) is -0.486. The maximum Gasteiger partial charge on any atom is 0.248 e. The molecule has 0 spiro atoms. The van der Waals surface area contributed by atoms with Gasteiger partial charge in [-0.2, -0.15) is 0 Å². The molecule has 0 saturated carbocycles. The lowest BCUT2D eigenvalue weighted by Crippen LogP contribution is -2.19. The molecule has 2 amide bonds. The number of benzene rings is 2. The van der Waals surface area contributed by atoms with Gasteiger partial charge in [-0.05, 0) is 43.3 Å². The van der Waals surface area contributed by atoms with Crippen LogP contribution < -0.4 is 11.1 Å². The molecular formula is C20H25N3O2. The van der Waals surface area contributed by atoms with Gasteiger partial charge in [-0.15, -0.1) is 0 Å². The SMILES string of the molecule is CC(CC(=O)Nc1cc(C(N)=O)ccc1CN(C)C)c1ccccc1. The van der Waals surface area contributed by atoms with E-state index >= 15 is 0 Å². The lowest BCUT2D eigenvalue weighted by atomic mass is 9.97. The zero-order chi connectivity index (χ0) is 18.4. The number of nitrogens with two attached hydrogens (primary N) is 1. The smallest absolute Gasteiger partial charge is 0.248 e. The van der Waals surface area contributed by atoms with Gasteiger partial charge in [-0.1, -0.05) is 43.3 Å². The highest BCUT2D eigenvalue weighted by atomic mass is 16.2. The number of rotatable bonds is 7. The third kappa shape index (κ3) is 5.43. The van der Waals surface area contributed by atoms with E-state index in [0.717, 1.165) is 11.1 Å². The van der Waals surface area contributed by atoms with Crippen LogP contribution in [0.3, 0.4) is 0 Å². The van der Waals surface area contributed by atoms with Gasteiger partial charge in [-0.25, -0.2) is 0 Å². The lowest BCUT2D eigenvalue weighted by Gasteiger charge is -2.17. The molecule has 1 atom stereocenters. The lowest BCUT2D eigenvalue weighted by molar-refractivity contribution is -0.116. The molecule has 0 heterocycles. The number of carbonyl (C=O) groups excluding carboxylic acids is 2. The summed E-state index contributed by atoms with van der Waals surface area (Å²) in [5.41, 5.74) is 8.44. The van der Waals surface area contributed by atoms with E-state index in [4.69, 9.17) is 5.73 Å². The van der Waals surface area contributed by atoms with Crippen LogP contribution >= 0.6 is 0 Å². The molecule has 0 bridgehead atoms. The Labute approximate surface area is 148 Å². The number of nitrogens with zero attached hydrogens (tertiary/aromatic N) is 1. The third-order valence-corrected chi connectivity index (χ3v) is 4.02. The van der Waals surface area contributed by atoms with Crippen molar-refractivity contribution >= 4 is 17.5 Å². The second-order valence-corrected chi connectivity index (χ2v) is 6.54. The van der Waals surface area contributed by atoms with Crippen molar-refractivity contribution in [2.75, 3.05) is 19.4 Å². The van der Waals surface area contributed by atoms with Gasteiger partial charge in [-0.3, -0.25) is 9.59 Å². The van der Waals surface area contributed by atoms with Crippen LogP contribution in [-0.4, -0.2) is 30.8 Å². The number of amides is 2. The van der Waals surface area contributed by atoms with Crippen molar-refractivity contribution in [3.8, 4) is 0 Å². The van der Waals surface area contributed by atoms with Crippen LogP contribution in [0, 0.1) is 0 Å². The van der Waals surface area contributed by atoms with E-state index in [1.807, 2.05) is 62.3 Å². The Morgan fingerprint density at radius 3 is 2.40 bits per heavy atom. The molecule has 3 N–H and O–H groups in total. The average Bonchev–Trinajstić information content (AvgIpc) is 2.56. The average molecular weight is 339 g/mol. The fraction of sp³-hybridized carbons (Fsp3) is 0.300. The molecule has 0 aromatic heterocycles. The van der Waals surface area contributed by atoms with Crippen molar-refractivity contribution in [2.45, 2.75) is 25.8 Å². The van der Waals surface area contributed by atoms with Crippen LogP contribution in [0.1, 0.15) is 40.7 Å². The standard InChI is InChI=1S/C20H25N3O2/c1-14(15-7-5-4-6-8-15)11-19(24)22-18-12-16(20(21)25)9-10-17(18)13-23(2)3/h4-10,12,14H,11,13H2,1-3H3,(H2,21,25)(H,22,24). The van der Waals surface area contributed by atoms with Crippen molar-refractivity contribution < 1.29 is 9.59 Å². The van der Waals surface area contributed by atoms with Gasteiger partial charge < -0.3 is 16.0 Å². The predicted molar refractivity (Wildman–Crippen MR) is 100 cm³/mol. The summed E-state index contributed by atoms with van der Waals surface area (Å²) in [6.07, 6.45) is 0.367.